The summed E-state index contributed by atoms with van der Waals surface area (Å²) >= 11 is 4.53. The molecule has 28 heavy (non-hydrogen) atoms. The first-order valence-electron chi connectivity index (χ1n) is 11.2. The molecule has 0 atom stereocenters. The van der Waals surface area contributed by atoms with Crippen molar-refractivity contribution in [1.29, 1.82) is 0 Å². The summed E-state index contributed by atoms with van der Waals surface area (Å²) < 4.78 is 19.8. The maximum atomic E-state index is 13.9. The molecule has 0 spiro atoms. The Balaban J connectivity index is 1.38. The molecule has 2 saturated carbocycles. The van der Waals surface area contributed by atoms with Crippen LogP contribution in [0.25, 0.3) is 0 Å². The van der Waals surface area contributed by atoms with Gasteiger partial charge in [-0.15, -0.1) is 0 Å². The minimum atomic E-state index is -0.409. The fourth-order valence-electron chi connectivity index (χ4n) is 5.20. The second kappa shape index (κ2) is 11.1. The first-order valence-corrected chi connectivity index (χ1v) is 11.6. The molecule has 1 aromatic carbocycles. The molecule has 0 saturated heterocycles. The molecule has 0 N–H and O–H groups in total. The van der Waals surface area contributed by atoms with Crippen molar-refractivity contribution in [3.05, 3.63) is 24.0 Å². The Kier molecular flexibility index (Phi) is 8.48. The Morgan fingerprint density at radius 3 is 2.25 bits per heavy atom. The van der Waals surface area contributed by atoms with Gasteiger partial charge in [0.15, 0.2) is 5.82 Å². The van der Waals surface area contributed by atoms with E-state index in [0.29, 0.717) is 18.3 Å². The van der Waals surface area contributed by atoms with Crippen molar-refractivity contribution >= 4 is 23.1 Å². The van der Waals surface area contributed by atoms with Crippen LogP contribution >= 0.6 is 12.2 Å². The molecular formula is C24H34FNOS. The van der Waals surface area contributed by atoms with Gasteiger partial charge in [0.25, 0.3) is 0 Å². The third-order valence-corrected chi connectivity index (χ3v) is 7.08. The lowest BCUT2D eigenvalue weighted by molar-refractivity contribution is 0.121. The number of thiocarbonyl (C=S) groups is 1. The number of ether oxygens (including phenoxy) is 1. The molecule has 2 fully saturated rings. The summed E-state index contributed by atoms with van der Waals surface area (Å²) in [5.41, 5.74) is 0.215. The number of hydrogen-bond donors (Lipinski definition) is 0. The van der Waals surface area contributed by atoms with Crippen LogP contribution in [0, 0.1) is 29.5 Å². The number of unbranched alkanes of at least 4 members (excludes halogenated alkanes) is 1. The average Bonchev–Trinajstić information content (AvgIpc) is 2.73. The molecule has 2 aliphatic carbocycles. The van der Waals surface area contributed by atoms with Gasteiger partial charge in [-0.25, -0.2) is 4.39 Å². The van der Waals surface area contributed by atoms with Crippen LogP contribution in [0.3, 0.4) is 0 Å². The monoisotopic (exact) mass is 403 g/mol. The number of halogens is 1. The van der Waals surface area contributed by atoms with Crippen LogP contribution in [0.4, 0.5) is 10.1 Å². The van der Waals surface area contributed by atoms with E-state index in [0.717, 1.165) is 17.8 Å². The van der Waals surface area contributed by atoms with Gasteiger partial charge in [0.1, 0.15) is 11.4 Å². The van der Waals surface area contributed by atoms with E-state index in [-0.39, 0.29) is 5.69 Å². The Morgan fingerprint density at radius 1 is 1.04 bits per heavy atom. The van der Waals surface area contributed by atoms with Gasteiger partial charge in [-0.1, -0.05) is 39.0 Å². The van der Waals surface area contributed by atoms with Gasteiger partial charge < -0.3 is 4.74 Å². The zero-order valence-corrected chi connectivity index (χ0v) is 18.0. The highest BCUT2D eigenvalue weighted by Crippen LogP contribution is 2.42. The van der Waals surface area contributed by atoms with Crippen molar-refractivity contribution in [2.24, 2.45) is 28.7 Å². The lowest BCUT2D eigenvalue weighted by Crippen LogP contribution is -2.27. The molecule has 0 aromatic heterocycles. The first-order chi connectivity index (χ1) is 13.7. The van der Waals surface area contributed by atoms with E-state index in [2.05, 4.69) is 29.3 Å². The van der Waals surface area contributed by atoms with Crippen molar-refractivity contribution in [1.82, 2.24) is 0 Å². The summed E-state index contributed by atoms with van der Waals surface area (Å²) in [6, 6.07) is 4.75. The van der Waals surface area contributed by atoms with Crippen molar-refractivity contribution in [2.45, 2.75) is 77.6 Å². The molecule has 4 heteroatoms. The molecule has 0 radical (unpaired) electrons. The Morgan fingerprint density at radius 2 is 1.68 bits per heavy atom. The van der Waals surface area contributed by atoms with Crippen LogP contribution in [0.1, 0.15) is 77.6 Å². The number of nitrogens with zero attached hydrogens (tertiary/aromatic N) is 1. The van der Waals surface area contributed by atoms with Crippen LogP contribution in [-0.4, -0.2) is 11.8 Å². The Bertz CT molecular complexity index is 657. The molecular weight excluding hydrogens is 369 g/mol. The standard InChI is InChI=1S/C24H34FNOS/c1-2-3-4-18-5-9-20(10-6-18)21-11-7-19(8-12-21)16-27-22-13-14-24(26-17-28)23(25)15-22/h13-15,18-21H,2-12,16H2,1H3. The lowest BCUT2D eigenvalue weighted by atomic mass is 9.69. The number of rotatable bonds is 8. The van der Waals surface area contributed by atoms with Gasteiger partial charge in [-0.2, -0.15) is 4.99 Å². The van der Waals surface area contributed by atoms with Gasteiger partial charge >= 0.3 is 0 Å². The molecule has 3 rings (SSSR count). The average molecular weight is 404 g/mol. The number of isothiocyanates is 1. The van der Waals surface area contributed by atoms with Gasteiger partial charge in [-0.3, -0.25) is 0 Å². The van der Waals surface area contributed by atoms with E-state index < -0.39 is 5.82 Å². The zero-order chi connectivity index (χ0) is 19.8. The Hall–Kier alpha value is -1.25. The van der Waals surface area contributed by atoms with E-state index in [9.17, 15) is 4.39 Å². The van der Waals surface area contributed by atoms with Gasteiger partial charge in [0.05, 0.1) is 11.8 Å². The quantitative estimate of drug-likeness (QED) is 0.327. The SMILES string of the molecule is CCCCC1CCC(C2CCC(COc3ccc(N=C=S)c(F)c3)CC2)CC1. The lowest BCUT2D eigenvalue weighted by Gasteiger charge is -2.37. The van der Waals surface area contributed by atoms with E-state index in [4.69, 9.17) is 4.74 Å². The van der Waals surface area contributed by atoms with Gasteiger partial charge in [0, 0.05) is 6.07 Å². The molecule has 2 aliphatic rings. The zero-order valence-electron chi connectivity index (χ0n) is 17.2. The van der Waals surface area contributed by atoms with Gasteiger partial charge in [-0.05, 0) is 86.5 Å². The van der Waals surface area contributed by atoms with E-state index in [1.165, 1.54) is 76.7 Å². The number of hydrogen-bond acceptors (Lipinski definition) is 3. The molecule has 0 unspecified atom stereocenters. The molecule has 0 bridgehead atoms. The van der Waals surface area contributed by atoms with Crippen LogP contribution in [0.15, 0.2) is 23.2 Å². The summed E-state index contributed by atoms with van der Waals surface area (Å²) in [7, 11) is 0. The van der Waals surface area contributed by atoms with E-state index in [1.807, 2.05) is 0 Å². The predicted octanol–water partition coefficient (Wildman–Crippen LogP) is 7.74. The summed E-state index contributed by atoms with van der Waals surface area (Å²) in [6.07, 6.45) is 15.2. The maximum absolute atomic E-state index is 13.9. The molecule has 0 heterocycles. The first kappa shape index (κ1) is 21.5. The highest BCUT2D eigenvalue weighted by Gasteiger charge is 2.30. The largest absolute Gasteiger partial charge is 0.493 e. The van der Waals surface area contributed by atoms with E-state index >= 15 is 0 Å². The van der Waals surface area contributed by atoms with Crippen LogP contribution in [0.2, 0.25) is 0 Å². The third-order valence-electron chi connectivity index (χ3n) is 6.99. The van der Waals surface area contributed by atoms with E-state index in [1.54, 1.807) is 12.1 Å². The van der Waals surface area contributed by atoms with Crippen LogP contribution < -0.4 is 4.74 Å². The fraction of sp³-hybridized carbons (Fsp3) is 0.708. The molecule has 154 valence electrons. The number of benzene rings is 1. The highest BCUT2D eigenvalue weighted by atomic mass is 32.1. The number of aliphatic imine (C=N–C) groups is 1. The molecule has 1 aromatic rings. The van der Waals surface area contributed by atoms with Crippen molar-refractivity contribution in [2.75, 3.05) is 6.61 Å². The molecule has 0 amide bonds. The van der Waals surface area contributed by atoms with Crippen molar-refractivity contribution in [3.8, 4) is 5.75 Å². The normalized spacial score (nSPS) is 27.8. The van der Waals surface area contributed by atoms with Crippen LogP contribution in [-0.2, 0) is 0 Å². The molecule has 0 aliphatic heterocycles. The van der Waals surface area contributed by atoms with Crippen LogP contribution in [0.5, 0.6) is 5.75 Å². The summed E-state index contributed by atoms with van der Waals surface area (Å²) in [5.74, 6) is 3.65. The van der Waals surface area contributed by atoms with Crippen molar-refractivity contribution in [3.63, 3.8) is 0 Å². The minimum Gasteiger partial charge on any atom is -0.493 e. The summed E-state index contributed by atoms with van der Waals surface area (Å²) in [5, 5.41) is 2.20. The predicted molar refractivity (Wildman–Crippen MR) is 117 cm³/mol. The maximum Gasteiger partial charge on any atom is 0.153 e. The summed E-state index contributed by atoms with van der Waals surface area (Å²) in [6.45, 7) is 2.99. The smallest absolute Gasteiger partial charge is 0.153 e. The highest BCUT2D eigenvalue weighted by molar-refractivity contribution is 7.78. The second-order valence-electron chi connectivity index (χ2n) is 8.83. The molecule has 2 nitrogen and oxygen atoms in total. The second-order valence-corrected chi connectivity index (χ2v) is 9.01. The third kappa shape index (κ3) is 6.12. The van der Waals surface area contributed by atoms with Gasteiger partial charge in [0.2, 0.25) is 0 Å². The minimum absolute atomic E-state index is 0.215. The Labute approximate surface area is 175 Å². The topological polar surface area (TPSA) is 21.6 Å². The summed E-state index contributed by atoms with van der Waals surface area (Å²) in [4.78, 5) is 3.70. The van der Waals surface area contributed by atoms with Crippen molar-refractivity contribution < 1.29 is 9.13 Å². The fourth-order valence-corrected chi connectivity index (χ4v) is 5.30.